The zero-order valence-electron chi connectivity index (χ0n) is 12.7. The van der Waals surface area contributed by atoms with E-state index >= 15 is 0 Å². The number of carbonyl (C=O) groups excluding carboxylic acids is 3. The standard InChI is InChI=1S/C17H22O3/c1-12-5-7-16(8-6-12)11-17(14(3)19,15(4)20)10-9-13(2)18/h5-8H,9-11H2,1-4H3. The molecular weight excluding hydrogens is 252 g/mol. The van der Waals surface area contributed by atoms with Gasteiger partial charge in [0.25, 0.3) is 0 Å². The van der Waals surface area contributed by atoms with E-state index in [1.165, 1.54) is 20.8 Å². The van der Waals surface area contributed by atoms with E-state index in [0.29, 0.717) is 12.8 Å². The van der Waals surface area contributed by atoms with Crippen LogP contribution in [0.1, 0.15) is 44.7 Å². The van der Waals surface area contributed by atoms with Crippen molar-refractivity contribution >= 4 is 17.3 Å². The number of aryl methyl sites for hydroxylation is 1. The summed E-state index contributed by atoms with van der Waals surface area (Å²) in [6.07, 6.45) is 0.914. The molecule has 1 rings (SSSR count). The maximum Gasteiger partial charge on any atom is 0.143 e. The highest BCUT2D eigenvalue weighted by atomic mass is 16.2. The molecular formula is C17H22O3. The van der Waals surface area contributed by atoms with Crippen LogP contribution in [0.3, 0.4) is 0 Å². The molecule has 0 fully saturated rings. The molecule has 0 aliphatic rings. The van der Waals surface area contributed by atoms with E-state index in [-0.39, 0.29) is 23.8 Å². The third-order valence-corrected chi connectivity index (χ3v) is 3.88. The molecule has 0 aliphatic carbocycles. The van der Waals surface area contributed by atoms with E-state index in [2.05, 4.69) is 0 Å². The summed E-state index contributed by atoms with van der Waals surface area (Å²) < 4.78 is 0. The lowest BCUT2D eigenvalue weighted by molar-refractivity contribution is -0.139. The van der Waals surface area contributed by atoms with Crippen molar-refractivity contribution in [1.29, 1.82) is 0 Å². The summed E-state index contributed by atoms with van der Waals surface area (Å²) in [5.74, 6) is -0.320. The molecule has 0 saturated heterocycles. The van der Waals surface area contributed by atoms with Gasteiger partial charge in [0, 0.05) is 6.42 Å². The van der Waals surface area contributed by atoms with Crippen molar-refractivity contribution in [2.75, 3.05) is 0 Å². The van der Waals surface area contributed by atoms with E-state index in [0.717, 1.165) is 11.1 Å². The molecule has 0 aromatic heterocycles. The third-order valence-electron chi connectivity index (χ3n) is 3.88. The highest BCUT2D eigenvalue weighted by Crippen LogP contribution is 2.31. The number of hydrogen-bond donors (Lipinski definition) is 0. The first-order valence-electron chi connectivity index (χ1n) is 6.85. The van der Waals surface area contributed by atoms with Crippen LogP contribution in [0, 0.1) is 12.3 Å². The maximum atomic E-state index is 12.1. The Labute approximate surface area is 120 Å². The van der Waals surface area contributed by atoms with Gasteiger partial charge in [0.1, 0.15) is 17.3 Å². The summed E-state index contributed by atoms with van der Waals surface area (Å²) >= 11 is 0. The highest BCUT2D eigenvalue weighted by molar-refractivity contribution is 6.05. The zero-order valence-corrected chi connectivity index (χ0v) is 12.7. The van der Waals surface area contributed by atoms with Crippen LogP contribution in [0.5, 0.6) is 0 Å². The van der Waals surface area contributed by atoms with Crippen molar-refractivity contribution in [1.82, 2.24) is 0 Å². The van der Waals surface area contributed by atoms with Gasteiger partial charge >= 0.3 is 0 Å². The van der Waals surface area contributed by atoms with Gasteiger partial charge in [-0.2, -0.15) is 0 Å². The van der Waals surface area contributed by atoms with E-state index in [1.54, 1.807) is 0 Å². The van der Waals surface area contributed by atoms with Gasteiger partial charge in [0.05, 0.1) is 5.41 Å². The molecule has 3 nitrogen and oxygen atoms in total. The van der Waals surface area contributed by atoms with Gasteiger partial charge in [-0.15, -0.1) is 0 Å². The van der Waals surface area contributed by atoms with E-state index in [4.69, 9.17) is 0 Å². The SMILES string of the molecule is CC(=O)CCC(Cc1ccc(C)cc1)(C(C)=O)C(C)=O. The fraction of sp³-hybridized carbons (Fsp3) is 0.471. The Bertz CT molecular complexity index is 498. The first kappa shape index (κ1) is 16.3. The van der Waals surface area contributed by atoms with Crippen molar-refractivity contribution in [3.63, 3.8) is 0 Å². The summed E-state index contributed by atoms with van der Waals surface area (Å²) in [5.41, 5.74) is 1.01. The number of benzene rings is 1. The average molecular weight is 274 g/mol. The lowest BCUT2D eigenvalue weighted by Crippen LogP contribution is -2.39. The Morgan fingerprint density at radius 2 is 1.45 bits per heavy atom. The van der Waals surface area contributed by atoms with Crippen molar-refractivity contribution in [2.45, 2.75) is 47.0 Å². The minimum atomic E-state index is -1.07. The molecule has 1 aromatic carbocycles. The first-order valence-corrected chi connectivity index (χ1v) is 6.85. The Balaban J connectivity index is 3.08. The van der Waals surface area contributed by atoms with Crippen LogP contribution in [-0.2, 0) is 20.8 Å². The maximum absolute atomic E-state index is 12.1. The lowest BCUT2D eigenvalue weighted by Gasteiger charge is -2.28. The average Bonchev–Trinajstić information content (AvgIpc) is 2.35. The van der Waals surface area contributed by atoms with E-state index in [9.17, 15) is 14.4 Å². The molecule has 3 heteroatoms. The Kier molecular flexibility index (Phi) is 5.37. The monoisotopic (exact) mass is 274 g/mol. The molecule has 0 aliphatic heterocycles. The van der Waals surface area contributed by atoms with Crippen LogP contribution < -0.4 is 0 Å². The van der Waals surface area contributed by atoms with Crippen LogP contribution in [0.4, 0.5) is 0 Å². The predicted octanol–water partition coefficient (Wildman–Crippen LogP) is 3.07. The quantitative estimate of drug-likeness (QED) is 0.718. The summed E-state index contributed by atoms with van der Waals surface area (Å²) in [7, 11) is 0. The van der Waals surface area contributed by atoms with Crippen molar-refractivity contribution in [3.8, 4) is 0 Å². The van der Waals surface area contributed by atoms with Gasteiger partial charge in [0.15, 0.2) is 0 Å². The largest absolute Gasteiger partial charge is 0.300 e. The topological polar surface area (TPSA) is 51.2 Å². The smallest absolute Gasteiger partial charge is 0.143 e. The van der Waals surface area contributed by atoms with E-state index < -0.39 is 5.41 Å². The number of rotatable bonds is 7. The summed E-state index contributed by atoms with van der Waals surface area (Å²) in [5, 5.41) is 0. The van der Waals surface area contributed by atoms with Gasteiger partial charge < -0.3 is 4.79 Å². The minimum absolute atomic E-state index is 0.000723. The molecule has 0 heterocycles. The summed E-state index contributed by atoms with van der Waals surface area (Å²) in [4.78, 5) is 35.3. The van der Waals surface area contributed by atoms with Crippen LogP contribution in [0.2, 0.25) is 0 Å². The second kappa shape index (κ2) is 6.60. The summed E-state index contributed by atoms with van der Waals surface area (Å²) in [6, 6.07) is 7.80. The normalized spacial score (nSPS) is 11.2. The lowest BCUT2D eigenvalue weighted by atomic mass is 9.71. The molecule has 0 unspecified atom stereocenters. The highest BCUT2D eigenvalue weighted by Gasteiger charge is 2.40. The molecule has 20 heavy (non-hydrogen) atoms. The van der Waals surface area contributed by atoms with Crippen molar-refractivity contribution in [2.24, 2.45) is 5.41 Å². The molecule has 0 radical (unpaired) electrons. The second-order valence-corrected chi connectivity index (χ2v) is 5.56. The fourth-order valence-corrected chi connectivity index (χ4v) is 2.38. The van der Waals surface area contributed by atoms with E-state index in [1.807, 2.05) is 31.2 Å². The number of carbonyl (C=O) groups is 3. The van der Waals surface area contributed by atoms with Gasteiger partial charge in [-0.3, -0.25) is 9.59 Å². The van der Waals surface area contributed by atoms with Crippen LogP contribution in [-0.4, -0.2) is 17.3 Å². The first-order chi connectivity index (χ1) is 9.28. The molecule has 1 aromatic rings. The number of hydrogen-bond acceptors (Lipinski definition) is 3. The Morgan fingerprint density at radius 3 is 1.85 bits per heavy atom. The van der Waals surface area contributed by atoms with Gasteiger partial charge in [0.2, 0.25) is 0 Å². The summed E-state index contributed by atoms with van der Waals surface area (Å²) in [6.45, 7) is 6.35. The molecule has 0 saturated carbocycles. The molecule has 108 valence electrons. The molecule has 0 bridgehead atoms. The number of ketones is 3. The zero-order chi connectivity index (χ0) is 15.3. The number of Topliss-reactive ketones (excluding diaryl/α,β-unsaturated/α-hetero) is 3. The third kappa shape index (κ3) is 3.86. The van der Waals surface area contributed by atoms with Crippen LogP contribution >= 0.6 is 0 Å². The Hall–Kier alpha value is -1.77. The van der Waals surface area contributed by atoms with Crippen LogP contribution in [0.25, 0.3) is 0 Å². The van der Waals surface area contributed by atoms with Crippen molar-refractivity contribution in [3.05, 3.63) is 35.4 Å². The van der Waals surface area contributed by atoms with Crippen LogP contribution in [0.15, 0.2) is 24.3 Å². The minimum Gasteiger partial charge on any atom is -0.300 e. The molecule has 0 N–H and O–H groups in total. The molecule has 0 amide bonds. The second-order valence-electron chi connectivity index (χ2n) is 5.56. The Morgan fingerprint density at radius 1 is 0.950 bits per heavy atom. The fourth-order valence-electron chi connectivity index (χ4n) is 2.38. The van der Waals surface area contributed by atoms with Crippen molar-refractivity contribution < 1.29 is 14.4 Å². The van der Waals surface area contributed by atoms with Gasteiger partial charge in [-0.1, -0.05) is 29.8 Å². The van der Waals surface area contributed by atoms with Gasteiger partial charge in [-0.25, -0.2) is 0 Å². The van der Waals surface area contributed by atoms with Gasteiger partial charge in [-0.05, 0) is 46.1 Å². The molecule has 0 atom stereocenters. The molecule has 0 spiro atoms. The predicted molar refractivity (Wildman–Crippen MR) is 78.6 cm³/mol.